The molecule has 1 aromatic heterocycles. The van der Waals surface area contributed by atoms with E-state index >= 15 is 0 Å². The van der Waals surface area contributed by atoms with Gasteiger partial charge in [0, 0.05) is 6.20 Å². The van der Waals surface area contributed by atoms with Crippen LogP contribution in [0.25, 0.3) is 0 Å². The lowest BCUT2D eigenvalue weighted by Gasteiger charge is -2.16. The van der Waals surface area contributed by atoms with Gasteiger partial charge in [-0.1, -0.05) is 18.2 Å². The first-order valence-corrected chi connectivity index (χ1v) is 6.69. The Hall–Kier alpha value is -2.47. The first-order valence-electron chi connectivity index (χ1n) is 6.69. The molecule has 1 aliphatic heterocycles. The van der Waals surface area contributed by atoms with Crippen LogP contribution in [0.3, 0.4) is 0 Å². The van der Waals surface area contributed by atoms with Crippen LogP contribution in [0.1, 0.15) is 10.5 Å². The highest BCUT2D eigenvalue weighted by atomic mass is 16.5. The SMILES string of the molecule is O=C(c1ccncn1)N1C[C@@H](O)[C@H](Oc2ccccc2)C1. The van der Waals surface area contributed by atoms with Gasteiger partial charge in [0.05, 0.1) is 13.1 Å². The van der Waals surface area contributed by atoms with E-state index in [1.807, 2.05) is 30.3 Å². The van der Waals surface area contributed by atoms with Gasteiger partial charge in [-0.05, 0) is 18.2 Å². The van der Waals surface area contributed by atoms with Crippen LogP contribution < -0.4 is 4.74 Å². The molecule has 108 valence electrons. The second-order valence-electron chi connectivity index (χ2n) is 4.84. The van der Waals surface area contributed by atoms with Gasteiger partial charge >= 0.3 is 0 Å². The number of likely N-dealkylation sites (tertiary alicyclic amines) is 1. The van der Waals surface area contributed by atoms with Crippen LogP contribution in [0.15, 0.2) is 48.9 Å². The fourth-order valence-electron chi connectivity index (χ4n) is 2.29. The molecule has 0 spiro atoms. The molecule has 1 amide bonds. The highest BCUT2D eigenvalue weighted by molar-refractivity contribution is 5.92. The number of amides is 1. The number of nitrogens with zero attached hydrogens (tertiary/aromatic N) is 3. The van der Waals surface area contributed by atoms with Crippen LogP contribution in [-0.2, 0) is 0 Å². The fourth-order valence-corrected chi connectivity index (χ4v) is 2.29. The zero-order valence-electron chi connectivity index (χ0n) is 11.3. The molecule has 2 aromatic rings. The molecule has 1 aromatic carbocycles. The zero-order valence-corrected chi connectivity index (χ0v) is 11.3. The summed E-state index contributed by atoms with van der Waals surface area (Å²) in [7, 11) is 0. The number of ether oxygens (including phenoxy) is 1. The summed E-state index contributed by atoms with van der Waals surface area (Å²) < 4.78 is 5.73. The number of para-hydroxylation sites is 1. The third kappa shape index (κ3) is 3.00. The van der Waals surface area contributed by atoms with Crippen LogP contribution in [0, 0.1) is 0 Å². The Labute approximate surface area is 122 Å². The summed E-state index contributed by atoms with van der Waals surface area (Å²) in [6.45, 7) is 0.569. The number of aromatic nitrogens is 2. The van der Waals surface area contributed by atoms with Gasteiger partial charge in [0.2, 0.25) is 0 Å². The predicted octanol–water partition coefficient (Wildman–Crippen LogP) is 0.741. The van der Waals surface area contributed by atoms with Crippen LogP contribution in [0.4, 0.5) is 0 Å². The monoisotopic (exact) mass is 285 g/mol. The second-order valence-corrected chi connectivity index (χ2v) is 4.84. The molecule has 0 saturated carbocycles. The number of carbonyl (C=O) groups excluding carboxylic acids is 1. The molecular weight excluding hydrogens is 270 g/mol. The van der Waals surface area contributed by atoms with Crippen molar-refractivity contribution in [3.8, 4) is 5.75 Å². The summed E-state index contributed by atoms with van der Waals surface area (Å²) in [5, 5.41) is 10.1. The predicted molar refractivity (Wildman–Crippen MR) is 74.8 cm³/mol. The molecule has 1 fully saturated rings. The molecule has 0 bridgehead atoms. The third-order valence-electron chi connectivity index (χ3n) is 3.36. The Balaban J connectivity index is 1.67. The molecule has 3 rings (SSSR count). The molecule has 6 nitrogen and oxygen atoms in total. The number of hydrogen-bond donors (Lipinski definition) is 1. The van der Waals surface area contributed by atoms with Gasteiger partial charge < -0.3 is 14.7 Å². The Morgan fingerprint density at radius 2 is 2.05 bits per heavy atom. The van der Waals surface area contributed by atoms with Crippen LogP contribution in [-0.4, -0.2) is 51.2 Å². The maximum Gasteiger partial charge on any atom is 0.272 e. The quantitative estimate of drug-likeness (QED) is 0.900. The summed E-state index contributed by atoms with van der Waals surface area (Å²) in [6.07, 6.45) is 1.71. The standard InChI is InChI=1S/C15H15N3O3/c19-13-8-18(15(20)12-6-7-16-10-17-12)9-14(13)21-11-4-2-1-3-5-11/h1-7,10,13-14,19H,8-9H2/t13-,14-/m1/s1. The first kappa shape index (κ1) is 13.5. The van der Waals surface area contributed by atoms with E-state index in [1.54, 1.807) is 11.0 Å². The number of aliphatic hydroxyl groups excluding tert-OH is 1. The van der Waals surface area contributed by atoms with Gasteiger partial charge in [0.25, 0.3) is 5.91 Å². The van der Waals surface area contributed by atoms with Crippen LogP contribution in [0.5, 0.6) is 5.75 Å². The van der Waals surface area contributed by atoms with Crippen molar-refractivity contribution >= 4 is 5.91 Å². The molecule has 0 unspecified atom stereocenters. The van der Waals surface area contributed by atoms with Crippen molar-refractivity contribution in [2.45, 2.75) is 12.2 Å². The number of aliphatic hydroxyl groups is 1. The lowest BCUT2D eigenvalue weighted by atomic mass is 10.2. The van der Waals surface area contributed by atoms with Gasteiger partial charge in [-0.15, -0.1) is 0 Å². The fraction of sp³-hybridized carbons (Fsp3) is 0.267. The van der Waals surface area contributed by atoms with Gasteiger partial charge in [-0.3, -0.25) is 4.79 Å². The van der Waals surface area contributed by atoms with Crippen molar-refractivity contribution in [1.29, 1.82) is 0 Å². The lowest BCUT2D eigenvalue weighted by molar-refractivity contribution is 0.0728. The number of benzene rings is 1. The van der Waals surface area contributed by atoms with E-state index in [2.05, 4.69) is 9.97 Å². The normalized spacial score (nSPS) is 21.3. The van der Waals surface area contributed by atoms with Crippen molar-refractivity contribution in [3.63, 3.8) is 0 Å². The van der Waals surface area contributed by atoms with Crippen molar-refractivity contribution in [3.05, 3.63) is 54.6 Å². The Morgan fingerprint density at radius 3 is 2.76 bits per heavy atom. The molecule has 0 radical (unpaired) electrons. The van der Waals surface area contributed by atoms with E-state index in [0.717, 1.165) is 0 Å². The molecule has 1 N–H and O–H groups in total. The molecule has 0 aliphatic carbocycles. The van der Waals surface area contributed by atoms with Gasteiger partial charge in [-0.25, -0.2) is 9.97 Å². The largest absolute Gasteiger partial charge is 0.486 e. The van der Waals surface area contributed by atoms with Crippen molar-refractivity contribution in [2.75, 3.05) is 13.1 Å². The van der Waals surface area contributed by atoms with E-state index in [1.165, 1.54) is 12.5 Å². The minimum Gasteiger partial charge on any atom is -0.486 e. The highest BCUT2D eigenvalue weighted by Crippen LogP contribution is 2.19. The summed E-state index contributed by atoms with van der Waals surface area (Å²) in [5.41, 5.74) is 0.317. The number of hydrogen-bond acceptors (Lipinski definition) is 5. The number of rotatable bonds is 3. The summed E-state index contributed by atoms with van der Waals surface area (Å²) in [4.78, 5) is 21.5. The highest BCUT2D eigenvalue weighted by Gasteiger charge is 2.36. The molecule has 1 saturated heterocycles. The maximum atomic E-state index is 12.3. The Bertz CT molecular complexity index is 606. The number of β-amino-alcohol motifs (C(OH)–C–C–N with tert-alkyl or cyclic N) is 1. The van der Waals surface area contributed by atoms with Crippen LogP contribution in [0.2, 0.25) is 0 Å². The molecule has 2 heterocycles. The molecule has 2 atom stereocenters. The minimum atomic E-state index is -0.712. The molecule has 21 heavy (non-hydrogen) atoms. The average Bonchev–Trinajstić information content (AvgIpc) is 2.89. The van der Waals surface area contributed by atoms with Gasteiger partial charge in [0.15, 0.2) is 0 Å². The van der Waals surface area contributed by atoms with E-state index in [0.29, 0.717) is 18.0 Å². The smallest absolute Gasteiger partial charge is 0.272 e. The molecule has 1 aliphatic rings. The van der Waals surface area contributed by atoms with E-state index in [4.69, 9.17) is 4.74 Å². The first-order chi connectivity index (χ1) is 10.2. The average molecular weight is 285 g/mol. The maximum absolute atomic E-state index is 12.3. The van der Waals surface area contributed by atoms with E-state index in [-0.39, 0.29) is 12.5 Å². The summed E-state index contributed by atoms with van der Waals surface area (Å²) in [5.74, 6) is 0.452. The molecular formula is C15H15N3O3. The summed E-state index contributed by atoms with van der Waals surface area (Å²) in [6, 6.07) is 10.8. The lowest BCUT2D eigenvalue weighted by Crippen LogP contribution is -2.31. The van der Waals surface area contributed by atoms with Crippen molar-refractivity contribution < 1.29 is 14.6 Å². The third-order valence-corrected chi connectivity index (χ3v) is 3.36. The Morgan fingerprint density at radius 1 is 1.24 bits per heavy atom. The van der Waals surface area contributed by atoms with Gasteiger partial charge in [0.1, 0.15) is 30.0 Å². The van der Waals surface area contributed by atoms with Gasteiger partial charge in [-0.2, -0.15) is 0 Å². The second kappa shape index (κ2) is 5.88. The van der Waals surface area contributed by atoms with E-state index < -0.39 is 12.2 Å². The van der Waals surface area contributed by atoms with Crippen molar-refractivity contribution in [2.24, 2.45) is 0 Å². The Kier molecular flexibility index (Phi) is 3.79. The topological polar surface area (TPSA) is 75.6 Å². The molecule has 6 heteroatoms. The summed E-state index contributed by atoms with van der Waals surface area (Å²) >= 11 is 0. The zero-order chi connectivity index (χ0) is 14.7. The minimum absolute atomic E-state index is 0.226. The number of carbonyl (C=O) groups is 1. The van der Waals surface area contributed by atoms with Crippen LogP contribution >= 0.6 is 0 Å². The van der Waals surface area contributed by atoms with E-state index in [9.17, 15) is 9.90 Å². The van der Waals surface area contributed by atoms with Crippen molar-refractivity contribution in [1.82, 2.24) is 14.9 Å².